The Hall–Kier alpha value is -2.77. The predicted octanol–water partition coefficient (Wildman–Crippen LogP) is -3.85. The van der Waals surface area contributed by atoms with Gasteiger partial charge in [-0.3, -0.25) is 19.2 Å². The summed E-state index contributed by atoms with van der Waals surface area (Å²) in [7, 11) is 0. The first-order valence-electron chi connectivity index (χ1n) is 9.28. The van der Waals surface area contributed by atoms with Crippen molar-refractivity contribution in [2.45, 2.75) is 63.9 Å². The first-order valence-corrected chi connectivity index (χ1v) is 9.28. The molecule has 13 nitrogen and oxygen atoms in total. The van der Waals surface area contributed by atoms with Gasteiger partial charge in [0.15, 0.2) is 6.04 Å². The van der Waals surface area contributed by atoms with Crippen LogP contribution in [0.5, 0.6) is 0 Å². The van der Waals surface area contributed by atoms with Crippen LogP contribution in [0.4, 0.5) is 0 Å². The number of nitrogens with one attached hydrogen (secondary N) is 3. The fourth-order valence-corrected chi connectivity index (χ4v) is 2.34. The molecular weight excluding hydrogens is 402 g/mol. The number of aliphatic hydroxyl groups excluding tert-OH is 2. The zero-order valence-electron chi connectivity index (χ0n) is 17.1. The summed E-state index contributed by atoms with van der Waals surface area (Å²) in [5.41, 5.74) is 10.5. The van der Waals surface area contributed by atoms with Gasteiger partial charge in [-0.25, -0.2) is 4.79 Å². The average Bonchev–Trinajstić information content (AvgIpc) is 2.64. The van der Waals surface area contributed by atoms with Crippen LogP contribution < -0.4 is 27.4 Å². The first-order chi connectivity index (χ1) is 13.8. The van der Waals surface area contributed by atoms with E-state index in [1.54, 1.807) is 13.8 Å². The van der Waals surface area contributed by atoms with Crippen molar-refractivity contribution in [2.24, 2.45) is 17.4 Å². The van der Waals surface area contributed by atoms with Gasteiger partial charge in [-0.1, -0.05) is 13.8 Å². The van der Waals surface area contributed by atoms with Crippen molar-refractivity contribution in [3.63, 3.8) is 0 Å². The minimum Gasteiger partial charge on any atom is -0.480 e. The molecule has 172 valence electrons. The Morgan fingerprint density at radius 1 is 0.900 bits per heavy atom. The van der Waals surface area contributed by atoms with Gasteiger partial charge in [-0.15, -0.1) is 0 Å². The summed E-state index contributed by atoms with van der Waals surface area (Å²) in [5.74, 6) is -5.23. The van der Waals surface area contributed by atoms with E-state index in [-0.39, 0.29) is 12.8 Å². The molecule has 5 atom stereocenters. The van der Waals surface area contributed by atoms with Crippen LogP contribution in [-0.4, -0.2) is 81.8 Å². The molecule has 10 N–H and O–H groups in total. The molecule has 0 aromatic heterocycles. The Morgan fingerprint density at radius 3 is 1.83 bits per heavy atom. The molecule has 0 saturated heterocycles. The SMILES string of the molecule is CC(C)C(NC(=O)C(N)CO)C(=O)NC(CCC(N)=O)C(=O)NC(C(=O)O)C(C)O. The number of primary amides is 1. The van der Waals surface area contributed by atoms with Gasteiger partial charge in [-0.05, 0) is 19.3 Å². The topological polar surface area (TPSA) is 234 Å². The van der Waals surface area contributed by atoms with Crippen LogP contribution in [0.15, 0.2) is 0 Å². The van der Waals surface area contributed by atoms with Crippen LogP contribution in [0, 0.1) is 5.92 Å². The molecule has 0 aliphatic heterocycles. The standard InChI is InChI=1S/C17H31N5O8/c1-7(2)12(21-14(26)9(18)6-23)16(28)20-10(4-5-11(19)25)15(27)22-13(8(3)24)17(29)30/h7-10,12-13,23-24H,4-6,18H2,1-3H3,(H2,19,25)(H,20,28)(H,21,26)(H,22,27)(H,29,30). The van der Waals surface area contributed by atoms with E-state index in [0.29, 0.717) is 0 Å². The van der Waals surface area contributed by atoms with E-state index in [0.717, 1.165) is 6.92 Å². The minimum absolute atomic E-state index is 0.242. The van der Waals surface area contributed by atoms with E-state index >= 15 is 0 Å². The molecule has 4 amide bonds. The molecule has 0 rings (SSSR count). The maximum Gasteiger partial charge on any atom is 0.328 e. The molecule has 0 heterocycles. The summed E-state index contributed by atoms with van der Waals surface area (Å²) >= 11 is 0. The van der Waals surface area contributed by atoms with Gasteiger partial charge < -0.3 is 42.7 Å². The lowest BCUT2D eigenvalue weighted by Crippen LogP contribution is -2.59. The molecule has 0 saturated carbocycles. The van der Waals surface area contributed by atoms with Gasteiger partial charge in [0.2, 0.25) is 23.6 Å². The van der Waals surface area contributed by atoms with Crippen molar-refractivity contribution in [1.29, 1.82) is 0 Å². The normalized spacial score (nSPS) is 16.0. The highest BCUT2D eigenvalue weighted by Crippen LogP contribution is 2.06. The second-order valence-corrected chi connectivity index (χ2v) is 7.15. The second-order valence-electron chi connectivity index (χ2n) is 7.15. The maximum atomic E-state index is 12.7. The molecule has 5 unspecified atom stereocenters. The van der Waals surface area contributed by atoms with E-state index in [1.807, 2.05) is 0 Å². The molecular formula is C17H31N5O8. The zero-order valence-corrected chi connectivity index (χ0v) is 17.1. The second kappa shape index (κ2) is 12.7. The van der Waals surface area contributed by atoms with E-state index in [9.17, 15) is 29.1 Å². The van der Waals surface area contributed by atoms with Crippen molar-refractivity contribution in [1.82, 2.24) is 16.0 Å². The van der Waals surface area contributed by atoms with Crippen LogP contribution in [0.3, 0.4) is 0 Å². The monoisotopic (exact) mass is 433 g/mol. The summed E-state index contributed by atoms with van der Waals surface area (Å²) in [4.78, 5) is 59.3. The quantitative estimate of drug-likeness (QED) is 0.142. The number of nitrogens with two attached hydrogens (primary N) is 2. The van der Waals surface area contributed by atoms with Crippen molar-refractivity contribution >= 4 is 29.6 Å². The third-order valence-corrected chi connectivity index (χ3v) is 4.14. The highest BCUT2D eigenvalue weighted by atomic mass is 16.4. The summed E-state index contributed by atoms with van der Waals surface area (Å²) in [5, 5.41) is 34.4. The first kappa shape index (κ1) is 27.2. The third-order valence-electron chi connectivity index (χ3n) is 4.14. The number of aliphatic carboxylic acids is 1. The van der Waals surface area contributed by atoms with Gasteiger partial charge in [0.05, 0.1) is 12.7 Å². The van der Waals surface area contributed by atoms with Gasteiger partial charge in [0.25, 0.3) is 0 Å². The molecule has 0 bridgehead atoms. The molecule has 0 aliphatic carbocycles. The number of carbonyl (C=O) groups excluding carboxylic acids is 4. The molecule has 0 aromatic carbocycles. The van der Waals surface area contributed by atoms with Gasteiger partial charge in [-0.2, -0.15) is 0 Å². The molecule has 0 radical (unpaired) electrons. The summed E-state index contributed by atoms with van der Waals surface area (Å²) in [6.45, 7) is 3.74. The van der Waals surface area contributed by atoms with E-state index in [2.05, 4.69) is 16.0 Å². The van der Waals surface area contributed by atoms with Crippen molar-refractivity contribution < 1.29 is 39.3 Å². The number of amides is 4. The van der Waals surface area contributed by atoms with Crippen molar-refractivity contribution in [2.75, 3.05) is 6.61 Å². The maximum absolute atomic E-state index is 12.7. The van der Waals surface area contributed by atoms with Crippen LogP contribution in [0.2, 0.25) is 0 Å². The fraction of sp³-hybridized carbons (Fsp3) is 0.706. The predicted molar refractivity (Wildman–Crippen MR) is 103 cm³/mol. The van der Waals surface area contributed by atoms with Gasteiger partial charge in [0.1, 0.15) is 18.1 Å². The smallest absolute Gasteiger partial charge is 0.328 e. The van der Waals surface area contributed by atoms with Crippen molar-refractivity contribution in [3.8, 4) is 0 Å². The number of hydrogen-bond acceptors (Lipinski definition) is 8. The summed E-state index contributed by atoms with van der Waals surface area (Å²) in [6, 6.07) is -5.40. The molecule has 13 heteroatoms. The van der Waals surface area contributed by atoms with Gasteiger partial charge in [0, 0.05) is 6.42 Å². The van der Waals surface area contributed by atoms with Crippen molar-refractivity contribution in [3.05, 3.63) is 0 Å². The number of aliphatic hydroxyl groups is 2. The number of carboxylic acids is 1. The minimum atomic E-state index is -1.64. The highest BCUT2D eigenvalue weighted by molar-refractivity contribution is 5.94. The number of rotatable bonds is 13. The number of hydrogen-bond donors (Lipinski definition) is 8. The summed E-state index contributed by atoms with van der Waals surface area (Å²) in [6.07, 6.45) is -1.96. The van der Waals surface area contributed by atoms with E-state index in [1.165, 1.54) is 0 Å². The zero-order chi connectivity index (χ0) is 23.6. The van der Waals surface area contributed by atoms with E-state index in [4.69, 9.17) is 21.7 Å². The Bertz CT molecular complexity index is 640. The highest BCUT2D eigenvalue weighted by Gasteiger charge is 2.32. The van der Waals surface area contributed by atoms with E-state index < -0.39 is 72.4 Å². The average molecular weight is 433 g/mol. The van der Waals surface area contributed by atoms with Gasteiger partial charge >= 0.3 is 5.97 Å². The summed E-state index contributed by atoms with van der Waals surface area (Å²) < 4.78 is 0. The fourth-order valence-electron chi connectivity index (χ4n) is 2.34. The molecule has 0 fully saturated rings. The molecule has 0 aliphatic rings. The van der Waals surface area contributed by atoms with Crippen LogP contribution in [0.1, 0.15) is 33.6 Å². The number of carbonyl (C=O) groups is 5. The Kier molecular flexibility index (Phi) is 11.5. The van der Waals surface area contributed by atoms with Crippen LogP contribution in [-0.2, 0) is 24.0 Å². The lowest BCUT2D eigenvalue weighted by Gasteiger charge is -2.27. The Balaban J connectivity index is 5.47. The Morgan fingerprint density at radius 2 is 1.43 bits per heavy atom. The molecule has 0 spiro atoms. The van der Waals surface area contributed by atoms with Crippen LogP contribution >= 0.6 is 0 Å². The lowest BCUT2D eigenvalue weighted by molar-refractivity contribution is -0.145. The Labute approximate surface area is 173 Å². The largest absolute Gasteiger partial charge is 0.480 e. The molecule has 0 aromatic rings. The lowest BCUT2D eigenvalue weighted by atomic mass is 10.0. The molecule has 30 heavy (non-hydrogen) atoms. The third kappa shape index (κ3) is 9.15. The van der Waals surface area contributed by atoms with Crippen LogP contribution in [0.25, 0.3) is 0 Å². The number of carboxylic acid groups (broad SMARTS) is 1.